The van der Waals surface area contributed by atoms with Crippen molar-refractivity contribution in [2.45, 2.75) is 45.6 Å². The Labute approximate surface area is 198 Å². The summed E-state index contributed by atoms with van der Waals surface area (Å²) in [4.78, 5) is 20.9. The Balaban J connectivity index is 1.41. The Morgan fingerprint density at radius 1 is 1.22 bits per heavy atom. The van der Waals surface area contributed by atoms with Gasteiger partial charge < -0.3 is 10.0 Å². The molecule has 168 valence electrons. The highest BCUT2D eigenvalue weighted by Crippen LogP contribution is 2.31. The van der Waals surface area contributed by atoms with Gasteiger partial charge in [-0.3, -0.25) is 4.79 Å². The number of halogens is 1. The first kappa shape index (κ1) is 23.0. The van der Waals surface area contributed by atoms with Crippen LogP contribution >= 0.6 is 22.9 Å². The van der Waals surface area contributed by atoms with Crippen LogP contribution in [0.25, 0.3) is 10.4 Å². The summed E-state index contributed by atoms with van der Waals surface area (Å²) in [7, 11) is 0. The highest BCUT2D eigenvalue weighted by molar-refractivity contribution is 7.13. The Hall–Kier alpha value is -2.21. The number of piperidine rings is 1. The van der Waals surface area contributed by atoms with E-state index in [-0.39, 0.29) is 5.78 Å². The summed E-state index contributed by atoms with van der Waals surface area (Å²) in [5.74, 6) is 1.40. The minimum atomic E-state index is -0.631. The monoisotopic (exact) mass is 468 g/mol. The lowest BCUT2D eigenvalue weighted by atomic mass is 9.83. The lowest BCUT2D eigenvalue weighted by Crippen LogP contribution is -2.42. The van der Waals surface area contributed by atoms with Gasteiger partial charge >= 0.3 is 0 Å². The summed E-state index contributed by atoms with van der Waals surface area (Å²) in [5.41, 5.74) is 3.18. The first-order valence-corrected chi connectivity index (χ1v) is 12.3. The zero-order valence-electron chi connectivity index (χ0n) is 18.8. The maximum Gasteiger partial charge on any atom is 0.168 e. The summed E-state index contributed by atoms with van der Waals surface area (Å²) in [5, 5.41) is 12.9. The molecule has 2 aromatic heterocycles. The van der Waals surface area contributed by atoms with Crippen LogP contribution < -0.4 is 4.90 Å². The number of pyridine rings is 1. The molecule has 0 amide bonds. The van der Waals surface area contributed by atoms with Crippen LogP contribution in [-0.2, 0) is 6.42 Å². The highest BCUT2D eigenvalue weighted by atomic mass is 35.5. The van der Waals surface area contributed by atoms with Gasteiger partial charge in [-0.15, -0.1) is 11.3 Å². The van der Waals surface area contributed by atoms with E-state index < -0.39 is 5.60 Å². The number of hydrogen-bond acceptors (Lipinski definition) is 5. The molecular weight excluding hydrogens is 440 g/mol. The number of Topliss-reactive ketones (excluding diaryl/α,β-unsaturated/α-hetero) is 1. The van der Waals surface area contributed by atoms with Crippen LogP contribution in [0.4, 0.5) is 5.82 Å². The van der Waals surface area contributed by atoms with Crippen LogP contribution in [0.2, 0.25) is 5.02 Å². The quantitative estimate of drug-likeness (QED) is 0.438. The van der Waals surface area contributed by atoms with Gasteiger partial charge in [-0.1, -0.05) is 29.8 Å². The second-order valence-electron chi connectivity index (χ2n) is 9.21. The van der Waals surface area contributed by atoms with Crippen molar-refractivity contribution in [2.24, 2.45) is 5.92 Å². The number of anilines is 1. The third-order valence-corrected chi connectivity index (χ3v) is 7.55. The molecule has 1 aliphatic rings. The molecule has 0 saturated carbocycles. The first-order chi connectivity index (χ1) is 15.2. The molecule has 3 heterocycles. The molecule has 0 spiro atoms. The molecule has 0 radical (unpaired) electrons. The minimum absolute atomic E-state index is 0.0985. The van der Waals surface area contributed by atoms with Gasteiger partial charge in [0.2, 0.25) is 0 Å². The van der Waals surface area contributed by atoms with Gasteiger partial charge in [0.05, 0.1) is 5.60 Å². The average molecular weight is 469 g/mol. The van der Waals surface area contributed by atoms with E-state index in [1.807, 2.05) is 55.8 Å². The van der Waals surface area contributed by atoms with Gasteiger partial charge in [-0.2, -0.15) is 0 Å². The fourth-order valence-electron chi connectivity index (χ4n) is 4.39. The zero-order valence-corrected chi connectivity index (χ0v) is 20.3. The molecule has 0 unspecified atom stereocenters. The third kappa shape index (κ3) is 5.22. The smallest absolute Gasteiger partial charge is 0.168 e. The van der Waals surface area contributed by atoms with E-state index in [0.29, 0.717) is 17.4 Å². The van der Waals surface area contributed by atoms with Gasteiger partial charge in [-0.25, -0.2) is 4.98 Å². The predicted molar refractivity (Wildman–Crippen MR) is 133 cm³/mol. The molecule has 0 bridgehead atoms. The fraction of sp³-hybridized carbons (Fsp3) is 0.385. The van der Waals surface area contributed by atoms with E-state index in [2.05, 4.69) is 17.9 Å². The maximum absolute atomic E-state index is 12.9. The molecule has 4 nitrogen and oxygen atoms in total. The van der Waals surface area contributed by atoms with E-state index >= 15 is 0 Å². The standard InChI is InChI=1S/C26H29ClN2O2S/c1-17-12-18(15-28-25(17)29-10-8-21(9-11-29)26(2,3)31)13-23(30)20-14-24(32-16-20)19-4-6-22(27)7-5-19/h4-7,12,14-16,21,31H,8-11,13H2,1-3H3. The van der Waals surface area contributed by atoms with E-state index in [9.17, 15) is 9.90 Å². The number of rotatable bonds is 6. The van der Waals surface area contributed by atoms with Gasteiger partial charge in [0.15, 0.2) is 5.78 Å². The number of carbonyl (C=O) groups excluding carboxylic acids is 1. The molecule has 1 aliphatic heterocycles. The number of ketones is 1. The fourth-order valence-corrected chi connectivity index (χ4v) is 5.43. The van der Waals surface area contributed by atoms with Crippen LogP contribution in [0.3, 0.4) is 0 Å². The number of aliphatic hydroxyl groups is 1. The Morgan fingerprint density at radius 2 is 1.91 bits per heavy atom. The predicted octanol–water partition coefficient (Wildman–Crippen LogP) is 6.18. The van der Waals surface area contributed by atoms with Crippen molar-refractivity contribution in [3.63, 3.8) is 0 Å². The summed E-state index contributed by atoms with van der Waals surface area (Å²) in [6.45, 7) is 7.64. The summed E-state index contributed by atoms with van der Waals surface area (Å²) in [6, 6.07) is 11.7. The van der Waals surface area contributed by atoms with Crippen molar-refractivity contribution in [1.82, 2.24) is 4.98 Å². The highest BCUT2D eigenvalue weighted by Gasteiger charge is 2.31. The number of hydrogen-bond donors (Lipinski definition) is 1. The third-order valence-electron chi connectivity index (χ3n) is 6.32. The van der Waals surface area contributed by atoms with Crippen LogP contribution in [-0.4, -0.2) is 34.6 Å². The summed E-state index contributed by atoms with van der Waals surface area (Å²) in [6.07, 6.45) is 4.08. The maximum atomic E-state index is 12.9. The average Bonchev–Trinajstić information content (AvgIpc) is 3.24. The van der Waals surface area contributed by atoms with Crippen molar-refractivity contribution in [1.29, 1.82) is 0 Å². The molecule has 3 aromatic rings. The van der Waals surface area contributed by atoms with E-state index in [0.717, 1.165) is 58.9 Å². The van der Waals surface area contributed by atoms with Crippen LogP contribution in [0.5, 0.6) is 0 Å². The van der Waals surface area contributed by atoms with E-state index in [4.69, 9.17) is 16.6 Å². The second kappa shape index (κ2) is 9.34. The lowest BCUT2D eigenvalue weighted by molar-refractivity contribution is 0.00645. The number of thiophene rings is 1. The van der Waals surface area contributed by atoms with Crippen molar-refractivity contribution < 1.29 is 9.90 Å². The summed E-state index contributed by atoms with van der Waals surface area (Å²) < 4.78 is 0. The Morgan fingerprint density at radius 3 is 2.53 bits per heavy atom. The summed E-state index contributed by atoms with van der Waals surface area (Å²) >= 11 is 7.54. The Kier molecular flexibility index (Phi) is 6.70. The van der Waals surface area contributed by atoms with Crippen molar-refractivity contribution in [3.05, 3.63) is 69.7 Å². The first-order valence-electron chi connectivity index (χ1n) is 11.0. The van der Waals surface area contributed by atoms with Gasteiger partial charge in [0.1, 0.15) is 5.82 Å². The number of aromatic nitrogens is 1. The zero-order chi connectivity index (χ0) is 22.9. The molecule has 1 fully saturated rings. The van der Waals surface area contributed by atoms with Gasteiger partial charge in [0, 0.05) is 46.6 Å². The number of benzene rings is 1. The Bertz CT molecular complexity index is 1090. The molecule has 1 saturated heterocycles. The molecule has 0 atom stereocenters. The number of nitrogens with zero attached hydrogens (tertiary/aromatic N) is 2. The lowest BCUT2D eigenvalue weighted by Gasteiger charge is -2.38. The van der Waals surface area contributed by atoms with Gasteiger partial charge in [-0.05, 0) is 74.4 Å². The van der Waals surface area contributed by atoms with Crippen LogP contribution in [0.1, 0.15) is 48.2 Å². The van der Waals surface area contributed by atoms with E-state index in [1.165, 1.54) is 0 Å². The normalized spacial score (nSPS) is 15.2. The molecule has 1 N–H and O–H groups in total. The van der Waals surface area contributed by atoms with Crippen LogP contribution in [0.15, 0.2) is 48.0 Å². The topological polar surface area (TPSA) is 53.4 Å². The number of aryl methyl sites for hydroxylation is 1. The van der Waals surface area contributed by atoms with Crippen molar-refractivity contribution in [3.8, 4) is 10.4 Å². The number of carbonyl (C=O) groups is 1. The molecule has 32 heavy (non-hydrogen) atoms. The molecule has 1 aromatic carbocycles. The van der Waals surface area contributed by atoms with Crippen LogP contribution in [0, 0.1) is 12.8 Å². The van der Waals surface area contributed by atoms with E-state index in [1.54, 1.807) is 11.3 Å². The van der Waals surface area contributed by atoms with Crippen molar-refractivity contribution in [2.75, 3.05) is 18.0 Å². The molecule has 4 rings (SSSR count). The molecule has 0 aliphatic carbocycles. The minimum Gasteiger partial charge on any atom is -0.390 e. The molecule has 6 heteroatoms. The largest absolute Gasteiger partial charge is 0.390 e. The second-order valence-corrected chi connectivity index (χ2v) is 10.6. The van der Waals surface area contributed by atoms with Gasteiger partial charge in [0.25, 0.3) is 0 Å². The SMILES string of the molecule is Cc1cc(CC(=O)c2csc(-c3ccc(Cl)cc3)c2)cnc1N1CCC(C(C)(C)O)CC1. The molecular formula is C26H29ClN2O2S. The van der Waals surface area contributed by atoms with Crippen molar-refractivity contribution >= 4 is 34.5 Å².